The monoisotopic (exact) mass is 307 g/mol. The Morgan fingerprint density at radius 2 is 2.10 bits per heavy atom. The fourth-order valence-corrected chi connectivity index (χ4v) is 2.44. The fraction of sp³-hybridized carbons (Fsp3) is 0.333. The maximum absolute atomic E-state index is 12.2. The lowest BCUT2D eigenvalue weighted by molar-refractivity contribution is -0.121. The zero-order valence-corrected chi connectivity index (χ0v) is 12.8. The highest BCUT2D eigenvalue weighted by Crippen LogP contribution is 2.19. The number of hydrogen-bond acceptors (Lipinski definition) is 3. The summed E-state index contributed by atoms with van der Waals surface area (Å²) in [5.41, 5.74) is 2.31. The normalized spacial score (nSPS) is 12.2. The van der Waals surface area contributed by atoms with Crippen molar-refractivity contribution < 1.29 is 9.90 Å². The number of carbonyl (C=O) groups is 1. The van der Waals surface area contributed by atoms with E-state index in [-0.39, 0.29) is 18.9 Å². The van der Waals surface area contributed by atoms with Gasteiger partial charge in [-0.25, -0.2) is 0 Å². The number of rotatable bonds is 5. The molecule has 0 aliphatic rings. The molecule has 0 fully saturated rings. The Bertz CT molecular complexity index is 625. The number of benzene rings is 1. The van der Waals surface area contributed by atoms with Gasteiger partial charge >= 0.3 is 0 Å². The topological polar surface area (TPSA) is 67.2 Å². The van der Waals surface area contributed by atoms with Gasteiger partial charge in [0.05, 0.1) is 24.8 Å². The minimum Gasteiger partial charge on any atom is -0.394 e. The molecule has 1 atom stereocenters. The van der Waals surface area contributed by atoms with E-state index < -0.39 is 6.04 Å². The quantitative estimate of drug-likeness (QED) is 0.885. The van der Waals surface area contributed by atoms with E-state index in [9.17, 15) is 9.90 Å². The third-order valence-electron chi connectivity index (χ3n) is 3.33. The van der Waals surface area contributed by atoms with Gasteiger partial charge in [0.25, 0.3) is 0 Å². The summed E-state index contributed by atoms with van der Waals surface area (Å²) in [6.45, 7) is 1.66. The number of aliphatic hydroxyl groups is 1. The van der Waals surface area contributed by atoms with Crippen LogP contribution in [-0.4, -0.2) is 27.4 Å². The molecule has 0 saturated heterocycles. The Hall–Kier alpha value is -1.85. The van der Waals surface area contributed by atoms with Crippen molar-refractivity contribution in [2.45, 2.75) is 19.4 Å². The van der Waals surface area contributed by atoms with Gasteiger partial charge in [-0.2, -0.15) is 5.10 Å². The van der Waals surface area contributed by atoms with Crippen LogP contribution in [0.25, 0.3) is 0 Å². The lowest BCUT2D eigenvalue weighted by Crippen LogP contribution is -2.32. The molecule has 0 bridgehead atoms. The molecule has 2 rings (SSSR count). The van der Waals surface area contributed by atoms with E-state index in [2.05, 4.69) is 10.4 Å². The average molecular weight is 308 g/mol. The summed E-state index contributed by atoms with van der Waals surface area (Å²) >= 11 is 6.12. The maximum atomic E-state index is 12.2. The molecule has 0 aliphatic carbocycles. The van der Waals surface area contributed by atoms with Gasteiger partial charge in [0.2, 0.25) is 5.91 Å². The number of amides is 1. The number of aryl methyl sites for hydroxylation is 2. The third-order valence-corrected chi connectivity index (χ3v) is 3.80. The molecule has 0 aliphatic heterocycles. The highest BCUT2D eigenvalue weighted by atomic mass is 35.5. The van der Waals surface area contributed by atoms with Gasteiger partial charge in [0.15, 0.2) is 0 Å². The second-order valence-electron chi connectivity index (χ2n) is 4.87. The lowest BCUT2D eigenvalue weighted by Gasteiger charge is -2.16. The van der Waals surface area contributed by atoms with E-state index in [1.807, 2.05) is 37.3 Å². The van der Waals surface area contributed by atoms with Gasteiger partial charge in [-0.15, -0.1) is 0 Å². The molecular weight excluding hydrogens is 290 g/mol. The molecule has 0 saturated carbocycles. The Labute approximate surface area is 128 Å². The summed E-state index contributed by atoms with van der Waals surface area (Å²) in [6.07, 6.45) is 0.141. The van der Waals surface area contributed by atoms with Crippen LogP contribution in [0.3, 0.4) is 0 Å². The maximum Gasteiger partial charge on any atom is 0.225 e. The molecule has 1 aromatic carbocycles. The summed E-state index contributed by atoms with van der Waals surface area (Å²) in [6, 6.07) is 8.93. The first-order valence-electron chi connectivity index (χ1n) is 6.66. The number of nitrogens with one attached hydrogen (secondary N) is 1. The summed E-state index contributed by atoms with van der Waals surface area (Å²) < 4.78 is 1.54. The predicted molar refractivity (Wildman–Crippen MR) is 81.1 cm³/mol. The van der Waals surface area contributed by atoms with Gasteiger partial charge in [-0.3, -0.25) is 9.48 Å². The molecule has 0 radical (unpaired) electrons. The van der Waals surface area contributed by atoms with Crippen molar-refractivity contribution >= 4 is 17.5 Å². The predicted octanol–water partition coefficient (Wildman–Crippen LogP) is 1.77. The largest absolute Gasteiger partial charge is 0.394 e. The van der Waals surface area contributed by atoms with Gasteiger partial charge in [-0.05, 0) is 12.5 Å². The van der Waals surface area contributed by atoms with Crippen LogP contribution in [0.2, 0.25) is 5.15 Å². The smallest absolute Gasteiger partial charge is 0.225 e. The Morgan fingerprint density at radius 3 is 2.62 bits per heavy atom. The van der Waals surface area contributed by atoms with Crippen LogP contribution in [0.5, 0.6) is 0 Å². The van der Waals surface area contributed by atoms with Crippen molar-refractivity contribution in [1.29, 1.82) is 0 Å². The van der Waals surface area contributed by atoms with Crippen molar-refractivity contribution in [3.05, 3.63) is 52.3 Å². The Balaban J connectivity index is 2.07. The standard InChI is InChI=1S/C15H18ClN3O2/c1-10-12(15(16)19(2)18-10)8-14(21)17-13(9-20)11-6-4-3-5-7-11/h3-7,13,20H,8-9H2,1-2H3,(H,17,21)/t13-/m1/s1. The van der Waals surface area contributed by atoms with E-state index in [0.717, 1.165) is 11.3 Å². The van der Waals surface area contributed by atoms with E-state index in [4.69, 9.17) is 11.6 Å². The molecule has 2 aromatic rings. The first-order chi connectivity index (χ1) is 10.0. The minimum atomic E-state index is -0.422. The molecular formula is C15H18ClN3O2. The fourth-order valence-electron chi connectivity index (χ4n) is 2.20. The molecule has 112 valence electrons. The number of aromatic nitrogens is 2. The van der Waals surface area contributed by atoms with E-state index in [0.29, 0.717) is 10.7 Å². The van der Waals surface area contributed by atoms with E-state index in [1.165, 1.54) is 0 Å². The molecule has 1 amide bonds. The van der Waals surface area contributed by atoms with Crippen LogP contribution in [0, 0.1) is 6.92 Å². The molecule has 0 spiro atoms. The second-order valence-corrected chi connectivity index (χ2v) is 5.23. The van der Waals surface area contributed by atoms with Crippen LogP contribution in [0.15, 0.2) is 30.3 Å². The molecule has 6 heteroatoms. The minimum absolute atomic E-state index is 0.141. The SMILES string of the molecule is Cc1nn(C)c(Cl)c1CC(=O)N[C@H](CO)c1ccccc1. The zero-order chi connectivity index (χ0) is 15.4. The average Bonchev–Trinajstić information content (AvgIpc) is 2.72. The highest BCUT2D eigenvalue weighted by Gasteiger charge is 2.18. The molecule has 5 nitrogen and oxygen atoms in total. The summed E-state index contributed by atoms with van der Waals surface area (Å²) in [7, 11) is 1.73. The van der Waals surface area contributed by atoms with Crippen LogP contribution >= 0.6 is 11.6 Å². The third kappa shape index (κ3) is 3.62. The molecule has 2 N–H and O–H groups in total. The van der Waals surface area contributed by atoms with Crippen molar-refractivity contribution in [3.63, 3.8) is 0 Å². The van der Waals surface area contributed by atoms with Crippen LogP contribution in [0.4, 0.5) is 0 Å². The Morgan fingerprint density at radius 1 is 1.43 bits per heavy atom. The van der Waals surface area contributed by atoms with Crippen LogP contribution in [0.1, 0.15) is 22.9 Å². The van der Waals surface area contributed by atoms with Gasteiger partial charge in [-0.1, -0.05) is 41.9 Å². The summed E-state index contributed by atoms with van der Waals surface area (Å²) in [5, 5.41) is 16.9. The lowest BCUT2D eigenvalue weighted by atomic mass is 10.1. The molecule has 1 aromatic heterocycles. The second kappa shape index (κ2) is 6.74. The zero-order valence-electron chi connectivity index (χ0n) is 12.0. The number of nitrogens with zero attached hydrogens (tertiary/aromatic N) is 2. The van der Waals surface area contributed by atoms with Crippen molar-refractivity contribution in [2.75, 3.05) is 6.61 Å². The van der Waals surface area contributed by atoms with Gasteiger partial charge < -0.3 is 10.4 Å². The number of hydrogen-bond donors (Lipinski definition) is 2. The number of aliphatic hydroxyl groups excluding tert-OH is 1. The van der Waals surface area contributed by atoms with E-state index in [1.54, 1.807) is 11.7 Å². The molecule has 1 heterocycles. The molecule has 21 heavy (non-hydrogen) atoms. The number of carbonyl (C=O) groups excluding carboxylic acids is 1. The Kier molecular flexibility index (Phi) is 4.98. The van der Waals surface area contributed by atoms with Crippen molar-refractivity contribution in [2.24, 2.45) is 7.05 Å². The van der Waals surface area contributed by atoms with Crippen molar-refractivity contribution in [3.8, 4) is 0 Å². The summed E-state index contributed by atoms with van der Waals surface area (Å²) in [4.78, 5) is 12.2. The van der Waals surface area contributed by atoms with Crippen LogP contribution < -0.4 is 5.32 Å². The van der Waals surface area contributed by atoms with Gasteiger partial charge in [0, 0.05) is 12.6 Å². The highest BCUT2D eigenvalue weighted by molar-refractivity contribution is 6.30. The first kappa shape index (κ1) is 15.5. The number of halogens is 1. The first-order valence-corrected chi connectivity index (χ1v) is 7.04. The summed E-state index contributed by atoms with van der Waals surface area (Å²) in [5.74, 6) is -0.198. The van der Waals surface area contributed by atoms with Crippen molar-refractivity contribution in [1.82, 2.24) is 15.1 Å². The van der Waals surface area contributed by atoms with E-state index >= 15 is 0 Å². The molecule has 0 unspecified atom stereocenters. The van der Waals surface area contributed by atoms with Crippen LogP contribution in [-0.2, 0) is 18.3 Å². The van der Waals surface area contributed by atoms with Gasteiger partial charge in [0.1, 0.15) is 5.15 Å².